The first-order chi connectivity index (χ1) is 30.0. The van der Waals surface area contributed by atoms with E-state index in [1.54, 1.807) is 0 Å². The Morgan fingerprint density at radius 1 is 0.619 bits per heavy atom. The molecular weight excluding hydrogens is 777 g/mol. The van der Waals surface area contributed by atoms with E-state index in [-0.39, 0.29) is 46.8 Å². The molecule has 326 valence electrons. The normalized spacial score (nSPS) is 41.3. The Labute approximate surface area is 373 Å². The van der Waals surface area contributed by atoms with Crippen LogP contribution in [0, 0.1) is 22.7 Å². The maximum atomic E-state index is 12.4. The van der Waals surface area contributed by atoms with Gasteiger partial charge in [-0.2, -0.15) is 0 Å². The second kappa shape index (κ2) is 13.9. The SMILES string of the molecule is C.C[C@]12CC=C3C=C4CCC(=O)CC45CC[C@]3(O5)[C@@H]1CC[C@@H]2c1ccc2ccncc2c1.C[C@]12CC=C3C=C4CC[C@H](O)CC45CC[C@]3(O5)[C@@H]1CC[C@@H]2c1ccc2ccncc2c1. The van der Waals surface area contributed by atoms with E-state index >= 15 is 0 Å². The Morgan fingerprint density at radius 2 is 1.16 bits per heavy atom. The molecule has 6 heteroatoms. The van der Waals surface area contributed by atoms with Crippen molar-refractivity contribution in [2.45, 2.75) is 164 Å². The predicted octanol–water partition coefficient (Wildman–Crippen LogP) is 12.5. The summed E-state index contributed by atoms with van der Waals surface area (Å²) in [7, 11) is 0. The van der Waals surface area contributed by atoms with Crippen molar-refractivity contribution < 1.29 is 19.4 Å². The zero-order valence-corrected chi connectivity index (χ0v) is 36.5. The van der Waals surface area contributed by atoms with Crippen LogP contribution in [0.5, 0.6) is 0 Å². The summed E-state index contributed by atoms with van der Waals surface area (Å²) in [6.45, 7) is 5.03. The number of carbonyl (C=O) groups is 1. The lowest BCUT2D eigenvalue weighted by Crippen LogP contribution is -2.54. The standard InChI is InChI=1S/C28H31NO2.C28H29NO2.CH4/c2*1-26-10-8-22-15-21-4-5-23(30)16-27(21)11-12-28(22,31-27)25(26)7-6-24(26)19-3-2-18-9-13-29-17-20(18)14-19;/h2-3,8-9,13-15,17,23-25,30H,4-7,10-12,16H2,1H3;2-3,8-9,13-15,17,24-25H,4-7,10-12,16H2,1H3;1H4/t23-,24+,25+,26+,27?,28+;24-,25-,26-,27?,28-;/m01./s1. The third-order valence-electron chi connectivity index (χ3n) is 19.3. The molecule has 0 amide bonds. The van der Waals surface area contributed by atoms with Crippen LogP contribution in [0.2, 0.25) is 0 Å². The van der Waals surface area contributed by atoms with Gasteiger partial charge < -0.3 is 14.6 Å². The number of pyridine rings is 2. The van der Waals surface area contributed by atoms with Gasteiger partial charge in [0, 0.05) is 54.8 Å². The highest BCUT2D eigenvalue weighted by Crippen LogP contribution is 2.71. The highest BCUT2D eigenvalue weighted by Gasteiger charge is 2.68. The van der Waals surface area contributed by atoms with E-state index in [1.165, 1.54) is 80.6 Å². The number of aliphatic hydroxyl groups excluding tert-OH is 1. The molecule has 14 rings (SSSR count). The predicted molar refractivity (Wildman–Crippen MR) is 249 cm³/mol. The van der Waals surface area contributed by atoms with Gasteiger partial charge in [-0.05, 0) is 186 Å². The van der Waals surface area contributed by atoms with E-state index in [0.717, 1.165) is 64.2 Å². The van der Waals surface area contributed by atoms with E-state index in [9.17, 15) is 9.90 Å². The molecule has 4 aliphatic heterocycles. The number of benzene rings is 2. The summed E-state index contributed by atoms with van der Waals surface area (Å²) in [6.07, 6.45) is 33.7. The fourth-order valence-electron chi connectivity index (χ4n) is 16.3. The molecule has 2 saturated heterocycles. The lowest BCUT2D eigenvalue weighted by Gasteiger charge is -2.54. The van der Waals surface area contributed by atoms with Crippen LogP contribution in [0.1, 0.15) is 147 Å². The summed E-state index contributed by atoms with van der Waals surface area (Å²) in [5, 5.41) is 15.5. The Bertz CT molecular complexity index is 2710. The van der Waals surface area contributed by atoms with E-state index in [2.05, 4.69) is 96.7 Å². The summed E-state index contributed by atoms with van der Waals surface area (Å²) in [5.74, 6) is 2.54. The third kappa shape index (κ3) is 5.56. The minimum Gasteiger partial charge on any atom is -0.393 e. The molecule has 4 saturated carbocycles. The number of allylic oxidation sites excluding steroid dienone is 2. The molecule has 10 aliphatic rings. The van der Waals surface area contributed by atoms with Gasteiger partial charge >= 0.3 is 0 Å². The van der Waals surface area contributed by atoms with Gasteiger partial charge in [-0.1, -0.05) is 69.8 Å². The summed E-state index contributed by atoms with van der Waals surface area (Å²) in [6, 6.07) is 18.2. The monoisotopic (exact) mass is 840 g/mol. The van der Waals surface area contributed by atoms with Gasteiger partial charge in [0.05, 0.1) is 28.5 Å². The number of hydrogen-bond donors (Lipinski definition) is 1. The maximum absolute atomic E-state index is 12.4. The van der Waals surface area contributed by atoms with Crippen molar-refractivity contribution >= 4 is 27.3 Å². The average Bonchev–Trinajstić information content (AvgIpc) is 4.01. The second-order valence-corrected chi connectivity index (χ2v) is 22.0. The molecule has 11 atom stereocenters. The van der Waals surface area contributed by atoms with Gasteiger partial charge in [0.25, 0.3) is 0 Å². The van der Waals surface area contributed by atoms with Gasteiger partial charge in [-0.15, -0.1) is 0 Å². The van der Waals surface area contributed by atoms with Gasteiger partial charge in [-0.25, -0.2) is 0 Å². The number of ether oxygens (including phenoxy) is 2. The molecular formula is C57H64N2O4. The zero-order valence-electron chi connectivity index (χ0n) is 36.5. The molecule has 4 bridgehead atoms. The zero-order chi connectivity index (χ0) is 41.7. The van der Waals surface area contributed by atoms with Crippen LogP contribution >= 0.6 is 0 Å². The molecule has 6 nitrogen and oxygen atoms in total. The minimum absolute atomic E-state index is 0. The van der Waals surface area contributed by atoms with Crippen LogP contribution in [0.15, 0.2) is 120 Å². The van der Waals surface area contributed by atoms with Crippen LogP contribution in [0.25, 0.3) is 21.5 Å². The van der Waals surface area contributed by atoms with Gasteiger partial charge in [0.2, 0.25) is 0 Å². The van der Waals surface area contributed by atoms with Crippen molar-refractivity contribution in [2.75, 3.05) is 0 Å². The highest BCUT2D eigenvalue weighted by molar-refractivity contribution is 5.84. The topological polar surface area (TPSA) is 81.5 Å². The molecule has 63 heavy (non-hydrogen) atoms. The number of fused-ring (bicyclic) bond motifs is 4. The van der Waals surface area contributed by atoms with E-state index in [4.69, 9.17) is 9.47 Å². The van der Waals surface area contributed by atoms with Crippen molar-refractivity contribution in [2.24, 2.45) is 22.7 Å². The van der Waals surface area contributed by atoms with Crippen molar-refractivity contribution in [3.63, 3.8) is 0 Å². The number of carbonyl (C=O) groups excluding carboxylic acids is 1. The molecule has 6 fully saturated rings. The minimum atomic E-state index is -0.294. The molecule has 1 N–H and O–H groups in total. The van der Waals surface area contributed by atoms with E-state index in [0.29, 0.717) is 42.3 Å². The fourth-order valence-corrected chi connectivity index (χ4v) is 16.3. The Hall–Kier alpha value is -4.23. The van der Waals surface area contributed by atoms with Gasteiger partial charge in [0.15, 0.2) is 0 Å². The van der Waals surface area contributed by atoms with E-state index in [1.807, 2.05) is 24.8 Å². The third-order valence-corrected chi connectivity index (χ3v) is 19.3. The number of Topliss-reactive ketones (excluding diaryl/α,β-unsaturated/α-hetero) is 1. The fraction of sp³-hybridized carbons (Fsp3) is 0.526. The molecule has 4 aromatic rings. The summed E-state index contributed by atoms with van der Waals surface area (Å²) < 4.78 is 14.3. The quantitative estimate of drug-likeness (QED) is 0.216. The van der Waals surface area contributed by atoms with Crippen molar-refractivity contribution in [3.8, 4) is 0 Å². The Kier molecular flexibility index (Phi) is 8.88. The van der Waals surface area contributed by atoms with Crippen LogP contribution < -0.4 is 0 Å². The molecule has 6 aliphatic carbocycles. The lowest BCUT2D eigenvalue weighted by atomic mass is 9.58. The first-order valence-electron chi connectivity index (χ1n) is 24.2. The molecule has 6 heterocycles. The van der Waals surface area contributed by atoms with Crippen molar-refractivity contribution in [1.82, 2.24) is 9.97 Å². The van der Waals surface area contributed by atoms with Gasteiger partial charge in [-0.3, -0.25) is 14.8 Å². The molecule has 2 aromatic carbocycles. The number of ketones is 1. The number of aromatic nitrogens is 2. The number of hydrogen-bond acceptors (Lipinski definition) is 6. The summed E-state index contributed by atoms with van der Waals surface area (Å²) in [4.78, 5) is 21.1. The number of aliphatic hydroxyl groups is 1. The molecule has 2 unspecified atom stereocenters. The number of rotatable bonds is 2. The van der Waals surface area contributed by atoms with Gasteiger partial charge in [0.1, 0.15) is 5.78 Å². The maximum Gasteiger partial charge on any atom is 0.136 e. The van der Waals surface area contributed by atoms with Crippen LogP contribution in [-0.4, -0.2) is 49.4 Å². The average molecular weight is 841 g/mol. The largest absolute Gasteiger partial charge is 0.393 e. The van der Waals surface area contributed by atoms with Crippen LogP contribution in [0.4, 0.5) is 0 Å². The van der Waals surface area contributed by atoms with Crippen molar-refractivity contribution in [1.29, 1.82) is 0 Å². The lowest BCUT2D eigenvalue weighted by molar-refractivity contribution is -0.146. The Morgan fingerprint density at radius 3 is 1.75 bits per heavy atom. The molecule has 2 aromatic heterocycles. The summed E-state index contributed by atoms with van der Waals surface area (Å²) in [5.41, 5.74) is 8.24. The Balaban J connectivity index is 0.000000132. The smallest absolute Gasteiger partial charge is 0.136 e. The first kappa shape index (κ1) is 40.3. The summed E-state index contributed by atoms with van der Waals surface area (Å²) >= 11 is 0. The van der Waals surface area contributed by atoms with Crippen molar-refractivity contribution in [3.05, 3.63) is 131 Å². The highest BCUT2D eigenvalue weighted by atomic mass is 16.5. The molecule has 4 spiro atoms. The van der Waals surface area contributed by atoms with Crippen LogP contribution in [0.3, 0.4) is 0 Å². The second-order valence-electron chi connectivity index (χ2n) is 22.0. The first-order valence-corrected chi connectivity index (χ1v) is 24.2. The van der Waals surface area contributed by atoms with E-state index < -0.39 is 0 Å². The van der Waals surface area contributed by atoms with Crippen LogP contribution in [-0.2, 0) is 14.3 Å². The molecule has 0 radical (unpaired) electrons. The number of nitrogens with zero attached hydrogens (tertiary/aromatic N) is 2.